The van der Waals surface area contributed by atoms with Crippen molar-refractivity contribution in [3.05, 3.63) is 0 Å². The average Bonchev–Trinajstić information content (AvgIpc) is 3.88. The number of ether oxygens (including phenoxy) is 3. The maximum Gasteiger partial charge on any atom is 0.303 e. The molecule has 3 aliphatic rings. The second-order valence-corrected chi connectivity index (χ2v) is 16.7. The molecule has 0 aliphatic carbocycles. The highest BCUT2D eigenvalue weighted by Crippen LogP contribution is 2.13. The molecule has 64 heavy (non-hydrogen) atoms. The van der Waals surface area contributed by atoms with Gasteiger partial charge in [-0.25, -0.2) is 0 Å². The molecular weight excluding hydrogens is 831 g/mol. The van der Waals surface area contributed by atoms with Crippen molar-refractivity contribution in [1.29, 1.82) is 0 Å². The molecule has 5 N–H and O–H groups in total. The number of carboxylic acids is 1. The quantitative estimate of drug-likeness (QED) is 0.0485. The largest absolute Gasteiger partial charge is 0.481 e. The van der Waals surface area contributed by atoms with Crippen molar-refractivity contribution in [3.63, 3.8) is 0 Å². The molecule has 22 heteroatoms. The Labute approximate surface area is 379 Å². The number of guanidine groups is 3. The van der Waals surface area contributed by atoms with E-state index in [9.17, 15) is 24.0 Å². The van der Waals surface area contributed by atoms with Gasteiger partial charge in [0.05, 0.1) is 39.6 Å². The molecule has 0 aromatic carbocycles. The van der Waals surface area contributed by atoms with Crippen LogP contribution in [0.15, 0.2) is 15.0 Å². The first-order chi connectivity index (χ1) is 30.7. The Morgan fingerprint density at radius 2 is 0.797 bits per heavy atom. The van der Waals surface area contributed by atoms with E-state index in [2.05, 4.69) is 65.6 Å². The summed E-state index contributed by atoms with van der Waals surface area (Å²) in [6.07, 6.45) is 2.06. The lowest BCUT2D eigenvalue weighted by Gasteiger charge is -2.34. The Morgan fingerprint density at radius 3 is 1.09 bits per heavy atom. The molecule has 0 radical (unpaired) electrons. The molecule has 3 saturated heterocycles. The van der Waals surface area contributed by atoms with Crippen LogP contribution in [0.3, 0.4) is 0 Å². The third-order valence-corrected chi connectivity index (χ3v) is 10.8. The van der Waals surface area contributed by atoms with Gasteiger partial charge in [-0.15, -0.1) is 0 Å². The van der Waals surface area contributed by atoms with Crippen LogP contribution in [0.1, 0.15) is 57.8 Å². The van der Waals surface area contributed by atoms with Crippen LogP contribution in [0, 0.1) is 0 Å². The maximum atomic E-state index is 13.2. The number of aliphatic imine (C=N–C) groups is 3. The summed E-state index contributed by atoms with van der Waals surface area (Å²) in [6.45, 7) is 8.39. The van der Waals surface area contributed by atoms with Gasteiger partial charge < -0.3 is 70.0 Å². The Morgan fingerprint density at radius 1 is 0.484 bits per heavy atom. The first kappa shape index (κ1) is 53.4. The van der Waals surface area contributed by atoms with Crippen molar-refractivity contribution in [2.75, 3.05) is 160 Å². The lowest BCUT2D eigenvalue weighted by Crippen LogP contribution is -2.58. The first-order valence-electron chi connectivity index (χ1n) is 22.7. The zero-order valence-electron chi connectivity index (χ0n) is 39.3. The van der Waals surface area contributed by atoms with Gasteiger partial charge in [0.15, 0.2) is 17.9 Å². The molecule has 364 valence electrons. The van der Waals surface area contributed by atoms with E-state index in [4.69, 9.17) is 19.3 Å². The van der Waals surface area contributed by atoms with Gasteiger partial charge >= 0.3 is 5.97 Å². The number of carboxylic acid groups (broad SMARTS) is 1. The highest BCUT2D eigenvalue weighted by Gasteiger charge is 2.34. The van der Waals surface area contributed by atoms with E-state index in [0.29, 0.717) is 58.5 Å². The summed E-state index contributed by atoms with van der Waals surface area (Å²) in [5.74, 6) is 0.745. The zero-order valence-corrected chi connectivity index (χ0v) is 39.3. The molecule has 4 amide bonds. The van der Waals surface area contributed by atoms with Crippen LogP contribution in [-0.2, 0) is 38.2 Å². The number of aliphatic carboxylic acids is 1. The van der Waals surface area contributed by atoms with Gasteiger partial charge in [-0.2, -0.15) is 0 Å². The molecule has 22 nitrogen and oxygen atoms in total. The molecule has 0 saturated carbocycles. The Balaban J connectivity index is 1.53. The predicted molar refractivity (Wildman–Crippen MR) is 244 cm³/mol. The van der Waals surface area contributed by atoms with Gasteiger partial charge in [-0.3, -0.25) is 38.9 Å². The lowest BCUT2D eigenvalue weighted by atomic mass is 10.0. The predicted octanol–water partition coefficient (Wildman–Crippen LogP) is -1.47. The minimum atomic E-state index is -1.29. The fourth-order valence-electron chi connectivity index (χ4n) is 7.11. The number of hydrogen-bond acceptors (Lipinski definition) is 11. The van der Waals surface area contributed by atoms with E-state index in [1.54, 1.807) is 0 Å². The number of carbonyl (C=O) groups excluding carboxylic acids is 4. The second-order valence-electron chi connectivity index (χ2n) is 16.7. The van der Waals surface area contributed by atoms with Gasteiger partial charge in [0.1, 0.15) is 5.54 Å². The number of likely N-dealkylation sites (N-methyl/N-ethyl adjacent to an activating group) is 6. The number of hydrogen-bond donors (Lipinski definition) is 5. The molecule has 3 heterocycles. The summed E-state index contributed by atoms with van der Waals surface area (Å²) in [4.78, 5) is 88.9. The van der Waals surface area contributed by atoms with Crippen LogP contribution >= 0.6 is 0 Å². The summed E-state index contributed by atoms with van der Waals surface area (Å²) >= 11 is 0. The van der Waals surface area contributed by atoms with Crippen molar-refractivity contribution in [1.82, 2.24) is 50.7 Å². The molecule has 3 rings (SSSR count). The zero-order chi connectivity index (χ0) is 46.7. The fraction of sp³-hybridized carbons (Fsp3) is 0.810. The first-order valence-corrected chi connectivity index (χ1v) is 22.7. The van der Waals surface area contributed by atoms with Crippen molar-refractivity contribution in [2.45, 2.75) is 63.3 Å². The fourth-order valence-corrected chi connectivity index (χ4v) is 7.11. The normalized spacial score (nSPS) is 15.3. The Hall–Kier alpha value is -4.96. The molecule has 0 bridgehead atoms. The van der Waals surface area contributed by atoms with Crippen molar-refractivity contribution in [2.24, 2.45) is 15.0 Å². The molecule has 3 fully saturated rings. The number of nitrogens with one attached hydrogen (secondary N) is 4. The maximum absolute atomic E-state index is 13.2. The van der Waals surface area contributed by atoms with E-state index in [1.807, 2.05) is 42.3 Å². The summed E-state index contributed by atoms with van der Waals surface area (Å²) < 4.78 is 18.0. The van der Waals surface area contributed by atoms with Crippen molar-refractivity contribution >= 4 is 47.5 Å². The minimum Gasteiger partial charge on any atom is -0.481 e. The van der Waals surface area contributed by atoms with E-state index in [1.165, 1.54) is 0 Å². The number of amides is 4. The molecule has 3 aliphatic heterocycles. The summed E-state index contributed by atoms with van der Waals surface area (Å²) in [5.41, 5.74) is -1.29. The van der Waals surface area contributed by atoms with Crippen LogP contribution in [0.25, 0.3) is 0 Å². The molecule has 0 aromatic heterocycles. The molecule has 0 aromatic rings. The van der Waals surface area contributed by atoms with Gasteiger partial charge in [0.2, 0.25) is 23.6 Å². The Bertz CT molecular complexity index is 1380. The summed E-state index contributed by atoms with van der Waals surface area (Å²) in [5, 5.41) is 20.8. The average molecular weight is 908 g/mol. The van der Waals surface area contributed by atoms with E-state index < -0.39 is 17.4 Å². The topological polar surface area (TPSA) is 238 Å². The van der Waals surface area contributed by atoms with Crippen LogP contribution in [-0.4, -0.2) is 248 Å². The molecule has 0 atom stereocenters. The summed E-state index contributed by atoms with van der Waals surface area (Å²) in [7, 11) is 12.0. The third-order valence-electron chi connectivity index (χ3n) is 10.8. The smallest absolute Gasteiger partial charge is 0.303 e. The number of nitrogens with zero attached hydrogens (tertiary/aromatic N) is 9. The van der Waals surface area contributed by atoms with Crippen LogP contribution in [0.4, 0.5) is 0 Å². The molecular formula is C42H77N13O9. The highest BCUT2D eigenvalue weighted by atomic mass is 16.5. The SMILES string of the molecule is CN1CCN(C)C1=NCCCNC(=O)CCOCC(COCCC(=O)NCCCN=C1N(C)CCN1C)(COCCC(=O)NCCCN=C1N(C)CCN1C)NC(=O)CCCC(=O)O. The van der Waals surface area contributed by atoms with Gasteiger partial charge in [-0.05, 0) is 25.7 Å². The van der Waals surface area contributed by atoms with E-state index >= 15 is 0 Å². The standard InChI is InChI=1S/C42H77N13O9/c1-50-22-23-51(2)39(50)46-19-8-16-43-34(56)13-28-62-31-42(49-37(59)11-7-12-38(60)61,32-63-29-14-35(57)44-17-9-20-47-40-52(3)24-25-53(40)4)33-64-30-15-36(58)45-18-10-21-48-41-54(5)26-27-55(41)6/h7-33H2,1-6H3,(H,43,56)(H,44,57)(H,45,58)(H,49,59)(H,60,61). The second kappa shape index (κ2) is 29.5. The number of rotatable bonds is 32. The molecule has 0 unspecified atom stereocenters. The van der Waals surface area contributed by atoms with Gasteiger partial charge in [-0.1, -0.05) is 0 Å². The van der Waals surface area contributed by atoms with Crippen molar-refractivity contribution < 1.29 is 43.3 Å². The third kappa shape index (κ3) is 20.7. The lowest BCUT2D eigenvalue weighted by molar-refractivity contribution is -0.137. The van der Waals surface area contributed by atoms with Crippen LogP contribution in [0.2, 0.25) is 0 Å². The minimum absolute atomic E-state index is 0.0292. The molecule has 0 spiro atoms. The van der Waals surface area contributed by atoms with Gasteiger partial charge in [0, 0.05) is 153 Å². The van der Waals surface area contributed by atoms with Crippen LogP contribution < -0.4 is 21.3 Å². The summed E-state index contributed by atoms with van der Waals surface area (Å²) in [6, 6.07) is 0. The van der Waals surface area contributed by atoms with Crippen molar-refractivity contribution in [3.8, 4) is 0 Å². The van der Waals surface area contributed by atoms with E-state index in [0.717, 1.165) is 57.1 Å². The number of carbonyl (C=O) groups is 5. The monoisotopic (exact) mass is 908 g/mol. The van der Waals surface area contributed by atoms with Crippen LogP contribution in [0.5, 0.6) is 0 Å². The Kier molecular flexibility index (Phi) is 24.6. The van der Waals surface area contributed by atoms with E-state index in [-0.39, 0.29) is 95.9 Å². The highest BCUT2D eigenvalue weighted by molar-refractivity contribution is 5.83. The van der Waals surface area contributed by atoms with Gasteiger partial charge in [0.25, 0.3) is 0 Å².